The zero-order chi connectivity index (χ0) is 12.8. The third-order valence-electron chi connectivity index (χ3n) is 5.05. The second-order valence-electron chi connectivity index (χ2n) is 6.03. The van der Waals surface area contributed by atoms with Crippen LogP contribution in [0.15, 0.2) is 22.8 Å². The first-order chi connectivity index (χ1) is 7.79. The number of rotatable bonds is 0. The van der Waals surface area contributed by atoms with Crippen molar-refractivity contribution in [1.82, 2.24) is 0 Å². The molecule has 0 bridgehead atoms. The molecule has 0 N–H and O–H groups in total. The lowest BCUT2D eigenvalue weighted by atomic mass is 9.60. The van der Waals surface area contributed by atoms with E-state index in [0.717, 1.165) is 19.3 Å². The molecule has 1 fully saturated rings. The van der Waals surface area contributed by atoms with Crippen LogP contribution >= 0.6 is 27.5 Å². The van der Waals surface area contributed by atoms with Crippen LogP contribution in [0.25, 0.3) is 0 Å². The summed E-state index contributed by atoms with van der Waals surface area (Å²) in [6.07, 6.45) is 6.96. The van der Waals surface area contributed by atoms with Crippen molar-refractivity contribution >= 4 is 27.5 Å². The van der Waals surface area contributed by atoms with Gasteiger partial charge < -0.3 is 0 Å². The number of hydrogen-bond acceptors (Lipinski definition) is 0. The van der Waals surface area contributed by atoms with Gasteiger partial charge in [-0.25, -0.2) is 0 Å². The molecule has 0 aromatic rings. The molecule has 0 heterocycles. The summed E-state index contributed by atoms with van der Waals surface area (Å²) in [6, 6.07) is 0. The minimum atomic E-state index is -0.0861. The maximum absolute atomic E-state index is 6.57. The molecule has 1 spiro atoms. The van der Waals surface area contributed by atoms with Gasteiger partial charge in [0.25, 0.3) is 0 Å². The topological polar surface area (TPSA) is 0 Å². The first kappa shape index (κ1) is 13.7. The van der Waals surface area contributed by atoms with Crippen LogP contribution in [0.1, 0.15) is 53.4 Å². The lowest BCUT2D eigenvalue weighted by Crippen LogP contribution is -2.44. The zero-order valence-electron chi connectivity index (χ0n) is 11.2. The van der Waals surface area contributed by atoms with Crippen LogP contribution in [0.4, 0.5) is 0 Å². The van der Waals surface area contributed by atoms with Gasteiger partial charge in [-0.15, -0.1) is 11.6 Å². The van der Waals surface area contributed by atoms with Gasteiger partial charge in [-0.3, -0.25) is 0 Å². The molecule has 96 valence electrons. The third-order valence-corrected chi connectivity index (χ3v) is 7.10. The summed E-state index contributed by atoms with van der Waals surface area (Å²) in [5.41, 5.74) is 4.98. The standard InChI is InChI=1S/C15H22BrCl/c1-10-5-6-11(2)15(12(10)3)8-7-14(4,17)13(16)9-15/h6,13H,5,7-9H2,1-4H3. The van der Waals surface area contributed by atoms with Gasteiger partial charge in [0.15, 0.2) is 0 Å². The highest BCUT2D eigenvalue weighted by Gasteiger charge is 2.47. The number of allylic oxidation sites excluding steroid dienone is 4. The van der Waals surface area contributed by atoms with Gasteiger partial charge in [-0.05, 0) is 53.4 Å². The lowest BCUT2D eigenvalue weighted by molar-refractivity contribution is 0.258. The van der Waals surface area contributed by atoms with E-state index >= 15 is 0 Å². The Hall–Kier alpha value is 0.250. The van der Waals surface area contributed by atoms with E-state index in [1.165, 1.54) is 6.42 Å². The fourth-order valence-corrected chi connectivity index (χ4v) is 4.25. The van der Waals surface area contributed by atoms with Crippen molar-refractivity contribution in [3.8, 4) is 0 Å². The van der Waals surface area contributed by atoms with Gasteiger partial charge in [0.2, 0.25) is 0 Å². The summed E-state index contributed by atoms with van der Waals surface area (Å²) in [5, 5.41) is 0. The van der Waals surface area contributed by atoms with E-state index < -0.39 is 0 Å². The van der Waals surface area contributed by atoms with Crippen molar-refractivity contribution in [3.05, 3.63) is 22.8 Å². The summed E-state index contributed by atoms with van der Waals surface area (Å²) in [5.74, 6) is 0. The molecule has 2 heteroatoms. The quantitative estimate of drug-likeness (QED) is 0.403. The Kier molecular flexibility index (Phi) is 3.55. The number of alkyl halides is 2. The molecule has 3 unspecified atom stereocenters. The molecule has 0 radical (unpaired) electrons. The number of hydrogen-bond donors (Lipinski definition) is 0. The van der Waals surface area contributed by atoms with Gasteiger partial charge in [0, 0.05) is 10.2 Å². The molecule has 2 aliphatic carbocycles. The van der Waals surface area contributed by atoms with E-state index in [0.29, 0.717) is 4.83 Å². The highest BCUT2D eigenvalue weighted by atomic mass is 79.9. The second kappa shape index (κ2) is 4.42. The van der Waals surface area contributed by atoms with Crippen molar-refractivity contribution in [2.24, 2.45) is 5.41 Å². The van der Waals surface area contributed by atoms with Gasteiger partial charge in [0.05, 0.1) is 4.87 Å². The minimum absolute atomic E-state index is 0.0861. The number of halogens is 2. The molecule has 0 amide bonds. The van der Waals surface area contributed by atoms with Crippen molar-refractivity contribution in [3.63, 3.8) is 0 Å². The Morgan fingerprint density at radius 1 is 1.29 bits per heavy atom. The smallest absolute Gasteiger partial charge is 0.0544 e. The van der Waals surface area contributed by atoms with Crippen molar-refractivity contribution < 1.29 is 0 Å². The minimum Gasteiger partial charge on any atom is -0.118 e. The summed E-state index contributed by atoms with van der Waals surface area (Å²) in [7, 11) is 0. The summed E-state index contributed by atoms with van der Waals surface area (Å²) in [6.45, 7) is 9.06. The van der Waals surface area contributed by atoms with Gasteiger partial charge in [-0.2, -0.15) is 0 Å². The Morgan fingerprint density at radius 2 is 1.94 bits per heavy atom. The Morgan fingerprint density at radius 3 is 2.53 bits per heavy atom. The largest absolute Gasteiger partial charge is 0.118 e. The third kappa shape index (κ3) is 2.14. The van der Waals surface area contributed by atoms with Gasteiger partial charge in [0.1, 0.15) is 0 Å². The van der Waals surface area contributed by atoms with E-state index in [-0.39, 0.29) is 10.3 Å². The first-order valence-corrected chi connectivity index (χ1v) is 7.76. The average Bonchev–Trinajstić information content (AvgIpc) is 2.26. The van der Waals surface area contributed by atoms with E-state index in [4.69, 9.17) is 11.6 Å². The highest BCUT2D eigenvalue weighted by molar-refractivity contribution is 9.09. The molecular weight excluding hydrogens is 296 g/mol. The Balaban J connectivity index is 2.37. The molecule has 2 aliphatic rings. The maximum Gasteiger partial charge on any atom is 0.0544 e. The molecule has 17 heavy (non-hydrogen) atoms. The fraction of sp³-hybridized carbons (Fsp3) is 0.733. The summed E-state index contributed by atoms with van der Waals surface area (Å²) < 4.78 is 0. The summed E-state index contributed by atoms with van der Waals surface area (Å²) in [4.78, 5) is 0.312. The molecule has 0 aromatic carbocycles. The fourth-order valence-electron chi connectivity index (χ4n) is 3.29. The van der Waals surface area contributed by atoms with Gasteiger partial charge >= 0.3 is 0 Å². The van der Waals surface area contributed by atoms with Crippen molar-refractivity contribution in [1.29, 1.82) is 0 Å². The molecule has 0 saturated heterocycles. The second-order valence-corrected chi connectivity index (χ2v) is 8.00. The van der Waals surface area contributed by atoms with E-state index in [9.17, 15) is 0 Å². The van der Waals surface area contributed by atoms with Crippen LogP contribution in [0.2, 0.25) is 0 Å². The zero-order valence-corrected chi connectivity index (χ0v) is 13.6. The van der Waals surface area contributed by atoms with Crippen LogP contribution < -0.4 is 0 Å². The predicted octanol–water partition coefficient (Wildman–Crippen LogP) is 5.60. The van der Waals surface area contributed by atoms with Crippen LogP contribution in [0.5, 0.6) is 0 Å². The van der Waals surface area contributed by atoms with E-state index in [1.54, 1.807) is 16.7 Å². The molecule has 0 nitrogen and oxygen atoms in total. The lowest BCUT2D eigenvalue weighted by Gasteiger charge is -2.49. The maximum atomic E-state index is 6.57. The van der Waals surface area contributed by atoms with Crippen LogP contribution in [0, 0.1) is 5.41 Å². The molecule has 1 saturated carbocycles. The van der Waals surface area contributed by atoms with Crippen molar-refractivity contribution in [2.75, 3.05) is 0 Å². The SMILES string of the molecule is CC1=CCC(C)=C(C)C12CCC(C)(Cl)C(Br)C2. The Labute approximate surface area is 119 Å². The van der Waals surface area contributed by atoms with E-state index in [2.05, 4.69) is 49.7 Å². The highest BCUT2D eigenvalue weighted by Crippen LogP contribution is 2.56. The van der Waals surface area contributed by atoms with Crippen LogP contribution in [0.3, 0.4) is 0 Å². The van der Waals surface area contributed by atoms with Gasteiger partial charge in [-0.1, -0.05) is 38.7 Å². The molecule has 2 rings (SSSR count). The molecular formula is C15H22BrCl. The molecule has 3 atom stereocenters. The van der Waals surface area contributed by atoms with E-state index in [1.807, 2.05) is 0 Å². The summed E-state index contributed by atoms with van der Waals surface area (Å²) >= 11 is 10.4. The molecule has 0 aromatic heterocycles. The van der Waals surface area contributed by atoms with Crippen LogP contribution in [-0.4, -0.2) is 9.70 Å². The van der Waals surface area contributed by atoms with Crippen LogP contribution in [-0.2, 0) is 0 Å². The monoisotopic (exact) mass is 316 g/mol. The van der Waals surface area contributed by atoms with Crippen molar-refractivity contribution in [2.45, 2.75) is 63.1 Å². The predicted molar refractivity (Wildman–Crippen MR) is 80.0 cm³/mol. The molecule has 0 aliphatic heterocycles. The average molecular weight is 318 g/mol. The Bertz CT molecular complexity index is 392. The first-order valence-electron chi connectivity index (χ1n) is 6.47. The normalized spacial score (nSPS) is 42.9.